The molecular formula is C12H21N. The zero-order valence-electron chi connectivity index (χ0n) is 8.87. The molecule has 0 radical (unpaired) electrons. The lowest BCUT2D eigenvalue weighted by Crippen LogP contribution is -2.51. The zero-order chi connectivity index (χ0) is 9.42. The maximum atomic E-state index is 3.91. The molecule has 0 spiro atoms. The lowest BCUT2D eigenvalue weighted by Gasteiger charge is -2.51. The molecule has 3 atom stereocenters. The quantitative estimate of drug-likeness (QED) is 0.589. The zero-order valence-corrected chi connectivity index (χ0v) is 8.87. The molecular weight excluding hydrogens is 158 g/mol. The predicted molar refractivity (Wildman–Crippen MR) is 56.6 cm³/mol. The molecule has 2 rings (SSSR count). The Labute approximate surface area is 81.8 Å². The van der Waals surface area contributed by atoms with Crippen molar-refractivity contribution in [3.63, 3.8) is 0 Å². The van der Waals surface area contributed by atoms with Crippen molar-refractivity contribution in [1.29, 1.82) is 0 Å². The number of nitrogens with zero attached hydrogens (tertiary/aromatic N) is 1. The van der Waals surface area contributed by atoms with Gasteiger partial charge in [-0.1, -0.05) is 6.08 Å². The summed E-state index contributed by atoms with van der Waals surface area (Å²) in [5, 5.41) is 0. The third kappa shape index (κ3) is 1.54. The Kier molecular flexibility index (Phi) is 2.46. The van der Waals surface area contributed by atoms with Crippen LogP contribution in [0, 0.1) is 17.8 Å². The van der Waals surface area contributed by atoms with Gasteiger partial charge < -0.3 is 4.90 Å². The van der Waals surface area contributed by atoms with E-state index in [2.05, 4.69) is 31.4 Å². The number of allylic oxidation sites excluding steroid dienone is 1. The van der Waals surface area contributed by atoms with Gasteiger partial charge in [-0.05, 0) is 51.0 Å². The van der Waals surface area contributed by atoms with E-state index in [1.54, 1.807) is 0 Å². The minimum atomic E-state index is 0.740. The Morgan fingerprint density at radius 1 is 1.46 bits per heavy atom. The van der Waals surface area contributed by atoms with Crippen LogP contribution in [0.4, 0.5) is 0 Å². The monoisotopic (exact) mass is 179 g/mol. The summed E-state index contributed by atoms with van der Waals surface area (Å²) in [6.07, 6.45) is 4.98. The van der Waals surface area contributed by atoms with Crippen LogP contribution < -0.4 is 0 Å². The summed E-state index contributed by atoms with van der Waals surface area (Å²) >= 11 is 0. The van der Waals surface area contributed by atoms with E-state index in [9.17, 15) is 0 Å². The molecule has 2 aliphatic rings. The van der Waals surface area contributed by atoms with Gasteiger partial charge >= 0.3 is 0 Å². The Morgan fingerprint density at radius 3 is 2.77 bits per heavy atom. The summed E-state index contributed by atoms with van der Waals surface area (Å²) in [4.78, 5) is 2.63. The van der Waals surface area contributed by atoms with Gasteiger partial charge in [-0.2, -0.15) is 0 Å². The number of rotatable bonds is 2. The number of likely N-dealkylation sites (tertiary alicyclic amines) is 1. The molecule has 1 heteroatoms. The van der Waals surface area contributed by atoms with Gasteiger partial charge in [-0.25, -0.2) is 0 Å². The van der Waals surface area contributed by atoms with E-state index < -0.39 is 0 Å². The van der Waals surface area contributed by atoms with Crippen LogP contribution in [0.3, 0.4) is 0 Å². The fourth-order valence-electron chi connectivity index (χ4n) is 2.96. The molecule has 1 aliphatic heterocycles. The molecule has 0 aromatic carbocycles. The highest BCUT2D eigenvalue weighted by molar-refractivity contribution is 5.01. The van der Waals surface area contributed by atoms with Gasteiger partial charge in [-0.15, -0.1) is 6.58 Å². The van der Waals surface area contributed by atoms with Gasteiger partial charge in [0.1, 0.15) is 0 Å². The number of hydrogen-bond acceptors (Lipinski definition) is 1. The van der Waals surface area contributed by atoms with Crippen molar-refractivity contribution in [2.75, 3.05) is 13.1 Å². The van der Waals surface area contributed by atoms with Crippen molar-refractivity contribution in [2.24, 2.45) is 17.8 Å². The normalized spacial score (nSPS) is 39.8. The van der Waals surface area contributed by atoms with E-state index in [1.807, 2.05) is 0 Å². The van der Waals surface area contributed by atoms with Crippen LogP contribution in [0.15, 0.2) is 12.7 Å². The van der Waals surface area contributed by atoms with Crippen molar-refractivity contribution in [3.05, 3.63) is 12.7 Å². The van der Waals surface area contributed by atoms with E-state index in [0.717, 1.165) is 23.8 Å². The molecule has 0 aromatic rings. The SMILES string of the molecule is C=CC1CC2CN(C(C)C)CCC12. The van der Waals surface area contributed by atoms with Gasteiger partial charge in [0.05, 0.1) is 0 Å². The first-order chi connectivity index (χ1) is 6.22. The predicted octanol–water partition coefficient (Wildman–Crippen LogP) is 2.54. The molecule has 13 heavy (non-hydrogen) atoms. The average Bonchev–Trinajstić information content (AvgIpc) is 2.07. The molecule has 74 valence electrons. The van der Waals surface area contributed by atoms with E-state index in [-0.39, 0.29) is 0 Å². The molecule has 1 nitrogen and oxygen atoms in total. The molecule has 2 fully saturated rings. The summed E-state index contributed by atoms with van der Waals surface area (Å²) < 4.78 is 0. The van der Waals surface area contributed by atoms with Gasteiger partial charge in [0.25, 0.3) is 0 Å². The second-order valence-corrected chi connectivity index (χ2v) is 4.94. The van der Waals surface area contributed by atoms with Gasteiger partial charge in [0.2, 0.25) is 0 Å². The van der Waals surface area contributed by atoms with Crippen molar-refractivity contribution in [2.45, 2.75) is 32.7 Å². The first kappa shape index (κ1) is 9.26. The molecule has 1 heterocycles. The van der Waals surface area contributed by atoms with Crippen LogP contribution in [0.2, 0.25) is 0 Å². The summed E-state index contributed by atoms with van der Waals surface area (Å²) in [6, 6.07) is 0.740. The fourth-order valence-corrected chi connectivity index (χ4v) is 2.96. The van der Waals surface area contributed by atoms with Crippen molar-refractivity contribution in [1.82, 2.24) is 4.90 Å². The van der Waals surface area contributed by atoms with Crippen molar-refractivity contribution >= 4 is 0 Å². The summed E-state index contributed by atoms with van der Waals surface area (Å²) in [5.74, 6) is 2.81. The Balaban J connectivity index is 1.89. The van der Waals surface area contributed by atoms with E-state index in [4.69, 9.17) is 0 Å². The second-order valence-electron chi connectivity index (χ2n) is 4.94. The molecule has 0 aromatic heterocycles. The highest BCUT2D eigenvalue weighted by Gasteiger charge is 2.42. The first-order valence-electron chi connectivity index (χ1n) is 5.59. The lowest BCUT2D eigenvalue weighted by atomic mass is 9.61. The molecule has 0 N–H and O–H groups in total. The summed E-state index contributed by atoms with van der Waals surface area (Å²) in [6.45, 7) is 11.2. The lowest BCUT2D eigenvalue weighted by molar-refractivity contribution is -0.00279. The highest BCUT2D eigenvalue weighted by atomic mass is 15.2. The third-order valence-corrected chi connectivity index (χ3v) is 3.98. The van der Waals surface area contributed by atoms with E-state index >= 15 is 0 Å². The van der Waals surface area contributed by atoms with Crippen LogP contribution in [0.1, 0.15) is 26.7 Å². The molecule has 0 bridgehead atoms. The molecule has 1 aliphatic carbocycles. The number of piperidine rings is 1. The van der Waals surface area contributed by atoms with E-state index in [0.29, 0.717) is 0 Å². The second kappa shape index (κ2) is 3.45. The number of hydrogen-bond donors (Lipinski definition) is 0. The van der Waals surface area contributed by atoms with Crippen LogP contribution >= 0.6 is 0 Å². The maximum Gasteiger partial charge on any atom is 0.00387 e. The van der Waals surface area contributed by atoms with Crippen molar-refractivity contribution < 1.29 is 0 Å². The molecule has 1 saturated carbocycles. The molecule has 1 saturated heterocycles. The third-order valence-electron chi connectivity index (χ3n) is 3.98. The maximum absolute atomic E-state index is 3.91. The van der Waals surface area contributed by atoms with Gasteiger partial charge in [0.15, 0.2) is 0 Å². The minimum absolute atomic E-state index is 0.740. The van der Waals surface area contributed by atoms with Gasteiger partial charge in [-0.3, -0.25) is 0 Å². The van der Waals surface area contributed by atoms with Crippen LogP contribution in [0.25, 0.3) is 0 Å². The Hall–Kier alpha value is -0.300. The fraction of sp³-hybridized carbons (Fsp3) is 0.833. The summed E-state index contributed by atoms with van der Waals surface area (Å²) in [5.41, 5.74) is 0. The largest absolute Gasteiger partial charge is 0.301 e. The Bertz CT molecular complexity index is 197. The Morgan fingerprint density at radius 2 is 2.23 bits per heavy atom. The van der Waals surface area contributed by atoms with E-state index in [1.165, 1.54) is 25.9 Å². The topological polar surface area (TPSA) is 3.24 Å². The average molecular weight is 179 g/mol. The van der Waals surface area contributed by atoms with Crippen LogP contribution in [0.5, 0.6) is 0 Å². The molecule has 0 amide bonds. The van der Waals surface area contributed by atoms with Gasteiger partial charge in [0, 0.05) is 12.6 Å². The minimum Gasteiger partial charge on any atom is -0.301 e. The van der Waals surface area contributed by atoms with Crippen LogP contribution in [-0.4, -0.2) is 24.0 Å². The first-order valence-corrected chi connectivity index (χ1v) is 5.59. The highest BCUT2D eigenvalue weighted by Crippen LogP contribution is 2.46. The summed E-state index contributed by atoms with van der Waals surface area (Å²) in [7, 11) is 0. The number of fused-ring (bicyclic) bond motifs is 1. The van der Waals surface area contributed by atoms with Crippen LogP contribution in [-0.2, 0) is 0 Å². The standard InChI is InChI=1S/C12H21N/c1-4-10-7-11-8-13(9(2)3)6-5-12(10)11/h4,9-12H,1,5-8H2,2-3H3. The van der Waals surface area contributed by atoms with Crippen molar-refractivity contribution in [3.8, 4) is 0 Å². The molecule has 3 unspecified atom stereocenters. The smallest absolute Gasteiger partial charge is 0.00387 e.